The number of ketones is 1. The van der Waals surface area contributed by atoms with Gasteiger partial charge in [0.1, 0.15) is 5.60 Å². The summed E-state index contributed by atoms with van der Waals surface area (Å²) in [6.45, 7) is 3.59. The molecular weight excluding hydrogens is 296 g/mol. The van der Waals surface area contributed by atoms with Gasteiger partial charge in [0, 0.05) is 22.8 Å². The maximum atomic E-state index is 12.5. The van der Waals surface area contributed by atoms with Gasteiger partial charge in [-0.05, 0) is 25.5 Å². The fourth-order valence-corrected chi connectivity index (χ4v) is 2.87. The van der Waals surface area contributed by atoms with E-state index in [1.165, 1.54) is 18.4 Å². The molecule has 3 rings (SSSR count). The molecule has 0 radical (unpaired) electrons. The van der Waals surface area contributed by atoms with Crippen LogP contribution in [-0.4, -0.2) is 23.5 Å². The summed E-state index contributed by atoms with van der Waals surface area (Å²) in [6.07, 6.45) is 4.09. The first-order valence-electron chi connectivity index (χ1n) is 7.30. The van der Waals surface area contributed by atoms with E-state index in [0.717, 1.165) is 0 Å². The number of carbonyl (C=O) groups excluding carboxylic acids is 2. The van der Waals surface area contributed by atoms with E-state index in [2.05, 4.69) is 0 Å². The standard InChI is InChI=1S/C18H16O5/c1-3-22-14(19)9-8-11-10-23-17-15(11)18(2,21)13-7-5-4-6-12(13)16(17)20/h4-10,21H,3H2,1-2H3. The molecule has 1 atom stereocenters. The van der Waals surface area contributed by atoms with Gasteiger partial charge in [-0.15, -0.1) is 0 Å². The van der Waals surface area contributed by atoms with Crippen molar-refractivity contribution in [3.8, 4) is 0 Å². The van der Waals surface area contributed by atoms with Crippen molar-refractivity contribution in [2.45, 2.75) is 19.4 Å². The van der Waals surface area contributed by atoms with Crippen LogP contribution >= 0.6 is 0 Å². The molecule has 1 aliphatic carbocycles. The Bertz CT molecular complexity index is 811. The van der Waals surface area contributed by atoms with Gasteiger partial charge in [-0.2, -0.15) is 0 Å². The molecule has 1 N–H and O–H groups in total. The van der Waals surface area contributed by atoms with Crippen LogP contribution in [0, 0.1) is 0 Å². The molecule has 0 fully saturated rings. The Balaban J connectivity index is 2.09. The molecule has 0 aliphatic heterocycles. The SMILES string of the molecule is CCOC(=O)C=Cc1coc2c1C(C)(O)c1ccccc1C2=O. The summed E-state index contributed by atoms with van der Waals surface area (Å²) >= 11 is 0. The normalized spacial score (nSPS) is 19.5. The van der Waals surface area contributed by atoms with Gasteiger partial charge in [0.25, 0.3) is 0 Å². The molecule has 5 nitrogen and oxygen atoms in total. The highest BCUT2D eigenvalue weighted by Gasteiger charge is 2.42. The topological polar surface area (TPSA) is 76.7 Å². The van der Waals surface area contributed by atoms with Crippen molar-refractivity contribution in [1.29, 1.82) is 0 Å². The first kappa shape index (κ1) is 15.2. The van der Waals surface area contributed by atoms with Gasteiger partial charge >= 0.3 is 5.97 Å². The quantitative estimate of drug-likeness (QED) is 0.696. The number of carbonyl (C=O) groups is 2. The van der Waals surface area contributed by atoms with E-state index in [4.69, 9.17) is 9.15 Å². The smallest absolute Gasteiger partial charge is 0.330 e. The summed E-state index contributed by atoms with van der Waals surface area (Å²) in [5.41, 5.74) is 0.383. The fourth-order valence-electron chi connectivity index (χ4n) is 2.87. The summed E-state index contributed by atoms with van der Waals surface area (Å²) in [6, 6.07) is 6.87. The molecule has 2 aromatic rings. The van der Waals surface area contributed by atoms with E-state index >= 15 is 0 Å². The van der Waals surface area contributed by atoms with Gasteiger partial charge in [0.05, 0.1) is 12.9 Å². The zero-order chi connectivity index (χ0) is 16.6. The number of ether oxygens (including phenoxy) is 1. The van der Waals surface area contributed by atoms with Gasteiger partial charge in [-0.3, -0.25) is 4.79 Å². The maximum absolute atomic E-state index is 12.5. The van der Waals surface area contributed by atoms with Crippen molar-refractivity contribution in [1.82, 2.24) is 0 Å². The molecule has 5 heteroatoms. The lowest BCUT2D eigenvalue weighted by Crippen LogP contribution is -2.32. The lowest BCUT2D eigenvalue weighted by Gasteiger charge is -2.30. The Labute approximate surface area is 133 Å². The van der Waals surface area contributed by atoms with Crippen LogP contribution < -0.4 is 0 Å². The summed E-state index contributed by atoms with van der Waals surface area (Å²) in [5.74, 6) is -0.681. The van der Waals surface area contributed by atoms with Crippen LogP contribution in [0.1, 0.15) is 46.7 Å². The number of hydrogen-bond acceptors (Lipinski definition) is 5. The van der Waals surface area contributed by atoms with E-state index in [1.807, 2.05) is 0 Å². The van der Waals surface area contributed by atoms with Gasteiger partial charge < -0.3 is 14.3 Å². The third kappa shape index (κ3) is 2.39. The number of aliphatic hydroxyl groups is 1. The Kier molecular flexibility index (Phi) is 3.66. The largest absolute Gasteiger partial charge is 0.463 e. The zero-order valence-corrected chi connectivity index (χ0v) is 12.8. The molecule has 1 aromatic heterocycles. The number of rotatable bonds is 3. The summed E-state index contributed by atoms with van der Waals surface area (Å²) in [4.78, 5) is 24.0. The van der Waals surface area contributed by atoms with Gasteiger partial charge in [0.2, 0.25) is 5.78 Å². The Morgan fingerprint density at radius 2 is 2.13 bits per heavy atom. The number of benzene rings is 1. The van der Waals surface area contributed by atoms with Crippen molar-refractivity contribution in [3.05, 3.63) is 64.6 Å². The van der Waals surface area contributed by atoms with Crippen LogP contribution in [0.15, 0.2) is 41.0 Å². The van der Waals surface area contributed by atoms with Crippen LogP contribution in [0.4, 0.5) is 0 Å². The molecule has 23 heavy (non-hydrogen) atoms. The Hall–Kier alpha value is -2.66. The molecule has 1 aromatic carbocycles. The van der Waals surface area contributed by atoms with E-state index in [-0.39, 0.29) is 18.2 Å². The average molecular weight is 312 g/mol. The number of esters is 1. The number of furan rings is 1. The van der Waals surface area contributed by atoms with Gasteiger partial charge in [-0.25, -0.2) is 4.79 Å². The Morgan fingerprint density at radius 3 is 2.87 bits per heavy atom. The second-order valence-corrected chi connectivity index (χ2v) is 5.43. The molecule has 0 amide bonds. The minimum Gasteiger partial charge on any atom is -0.463 e. The highest BCUT2D eigenvalue weighted by Crippen LogP contribution is 2.42. The van der Waals surface area contributed by atoms with Gasteiger partial charge in [0.15, 0.2) is 5.76 Å². The minimum atomic E-state index is -1.39. The van der Waals surface area contributed by atoms with E-state index in [1.54, 1.807) is 38.1 Å². The third-order valence-electron chi connectivity index (χ3n) is 3.89. The van der Waals surface area contributed by atoms with Crippen molar-refractivity contribution in [2.24, 2.45) is 0 Å². The van der Waals surface area contributed by atoms with Crippen LogP contribution in [0.3, 0.4) is 0 Å². The lowest BCUT2D eigenvalue weighted by molar-refractivity contribution is -0.137. The third-order valence-corrected chi connectivity index (χ3v) is 3.89. The van der Waals surface area contributed by atoms with Crippen molar-refractivity contribution in [3.63, 3.8) is 0 Å². The zero-order valence-electron chi connectivity index (χ0n) is 12.8. The summed E-state index contributed by atoms with van der Waals surface area (Å²) in [7, 11) is 0. The molecular formula is C18H16O5. The second-order valence-electron chi connectivity index (χ2n) is 5.43. The van der Waals surface area contributed by atoms with Gasteiger partial charge in [-0.1, -0.05) is 24.3 Å². The van der Waals surface area contributed by atoms with Crippen LogP contribution in [0.5, 0.6) is 0 Å². The van der Waals surface area contributed by atoms with Crippen molar-refractivity contribution >= 4 is 17.8 Å². The number of fused-ring (bicyclic) bond motifs is 2. The second kappa shape index (κ2) is 5.52. The first-order valence-corrected chi connectivity index (χ1v) is 7.30. The van der Waals surface area contributed by atoms with Crippen LogP contribution in [0.25, 0.3) is 6.08 Å². The number of hydrogen-bond donors (Lipinski definition) is 1. The molecule has 0 spiro atoms. The van der Waals surface area contributed by atoms with Crippen molar-refractivity contribution in [2.75, 3.05) is 6.61 Å². The van der Waals surface area contributed by atoms with E-state index in [0.29, 0.717) is 22.3 Å². The average Bonchev–Trinajstić information content (AvgIpc) is 2.97. The molecule has 0 bridgehead atoms. The van der Waals surface area contributed by atoms with E-state index in [9.17, 15) is 14.7 Å². The molecule has 0 saturated heterocycles. The highest BCUT2D eigenvalue weighted by atomic mass is 16.5. The minimum absolute atomic E-state index is 0.0946. The highest BCUT2D eigenvalue weighted by molar-refractivity contribution is 6.11. The molecule has 1 unspecified atom stereocenters. The molecule has 118 valence electrons. The maximum Gasteiger partial charge on any atom is 0.330 e. The summed E-state index contributed by atoms with van der Waals surface area (Å²) in [5, 5.41) is 11.0. The monoisotopic (exact) mass is 312 g/mol. The lowest BCUT2D eigenvalue weighted by atomic mass is 9.77. The predicted octanol–water partition coefficient (Wildman–Crippen LogP) is 2.66. The van der Waals surface area contributed by atoms with Crippen molar-refractivity contribution < 1.29 is 23.8 Å². The van der Waals surface area contributed by atoms with Crippen LogP contribution in [0.2, 0.25) is 0 Å². The first-order chi connectivity index (χ1) is 11.0. The molecule has 1 heterocycles. The van der Waals surface area contributed by atoms with E-state index < -0.39 is 11.6 Å². The predicted molar refractivity (Wildman–Crippen MR) is 82.9 cm³/mol. The molecule has 0 saturated carbocycles. The fraction of sp³-hybridized carbons (Fsp3) is 0.222. The summed E-state index contributed by atoms with van der Waals surface area (Å²) < 4.78 is 10.2. The molecule has 1 aliphatic rings. The Morgan fingerprint density at radius 1 is 1.39 bits per heavy atom. The van der Waals surface area contributed by atoms with Crippen LogP contribution in [-0.2, 0) is 15.1 Å².